The molecule has 0 spiro atoms. The van der Waals surface area contributed by atoms with E-state index in [9.17, 15) is 22.4 Å². The van der Waals surface area contributed by atoms with Crippen LogP contribution in [0, 0.1) is 5.82 Å². The van der Waals surface area contributed by atoms with Crippen molar-refractivity contribution in [2.75, 3.05) is 0 Å². The topological polar surface area (TPSA) is 39.3 Å². The van der Waals surface area contributed by atoms with Gasteiger partial charge in [-0.25, -0.2) is 4.39 Å². The van der Waals surface area contributed by atoms with Crippen molar-refractivity contribution in [3.63, 3.8) is 0 Å². The molecule has 1 amide bonds. The van der Waals surface area contributed by atoms with Crippen LogP contribution in [-0.2, 0) is 25.2 Å². The molecule has 0 aliphatic rings. The van der Waals surface area contributed by atoms with Crippen molar-refractivity contribution in [3.05, 3.63) is 52.4 Å². The van der Waals surface area contributed by atoms with E-state index in [4.69, 9.17) is 0 Å². The lowest BCUT2D eigenvalue weighted by molar-refractivity contribution is -0.137. The number of benzene rings is 1. The maximum atomic E-state index is 14.1. The van der Waals surface area contributed by atoms with Gasteiger partial charge in [-0.15, -0.1) is 0 Å². The van der Waals surface area contributed by atoms with Crippen LogP contribution in [-0.4, -0.2) is 15.3 Å². The smallest absolute Gasteiger partial charge is 0.291 e. The largest absolute Gasteiger partial charge is 0.416 e. The van der Waals surface area contributed by atoms with Crippen LogP contribution in [0.1, 0.15) is 68.6 Å². The van der Waals surface area contributed by atoms with Gasteiger partial charge in [-0.1, -0.05) is 40.5 Å². The summed E-state index contributed by atoms with van der Waals surface area (Å²) in [5.41, 5.74) is -0.808. The summed E-state index contributed by atoms with van der Waals surface area (Å²) in [6.07, 6.45) is -1.82. The fraction of sp³-hybridized carbons (Fsp3) is 0.524. The van der Waals surface area contributed by atoms with E-state index < -0.39 is 29.0 Å². The maximum Gasteiger partial charge on any atom is 0.416 e. The van der Waals surface area contributed by atoms with Crippen molar-refractivity contribution in [1.82, 2.24) is 9.36 Å². The highest BCUT2D eigenvalue weighted by atomic mass is 19.4. The summed E-state index contributed by atoms with van der Waals surface area (Å²) in [7, 11) is 1.85. The van der Waals surface area contributed by atoms with E-state index in [0.29, 0.717) is 30.2 Å². The predicted molar refractivity (Wildman–Crippen MR) is 103 cm³/mol. The number of carbonyl (C=O) groups is 1. The van der Waals surface area contributed by atoms with Crippen LogP contribution in [0.4, 0.5) is 17.6 Å². The second-order valence-electron chi connectivity index (χ2n) is 8.10. The SMILES string of the molecule is CCCCCn1c(=NC(=O)c2cc(C(F)(F)F)ccc2F)cc(C(C)(C)C)n1C. The van der Waals surface area contributed by atoms with Crippen LogP contribution in [0.5, 0.6) is 0 Å². The van der Waals surface area contributed by atoms with Crippen LogP contribution in [0.25, 0.3) is 0 Å². The first kappa shape index (κ1) is 22.9. The van der Waals surface area contributed by atoms with Gasteiger partial charge >= 0.3 is 6.18 Å². The fourth-order valence-electron chi connectivity index (χ4n) is 3.17. The molecule has 0 fully saturated rings. The number of hydrogen-bond acceptors (Lipinski definition) is 1. The van der Waals surface area contributed by atoms with E-state index in [2.05, 4.69) is 11.9 Å². The Hall–Kier alpha value is -2.38. The number of carbonyl (C=O) groups excluding carboxylic acids is 1. The fourth-order valence-corrected chi connectivity index (χ4v) is 3.17. The Balaban J connectivity index is 2.57. The van der Waals surface area contributed by atoms with Crippen molar-refractivity contribution in [1.29, 1.82) is 0 Å². The number of aromatic nitrogens is 2. The maximum absolute atomic E-state index is 14.1. The average Bonchev–Trinajstić information content (AvgIpc) is 2.90. The highest BCUT2D eigenvalue weighted by Crippen LogP contribution is 2.30. The highest BCUT2D eigenvalue weighted by Gasteiger charge is 2.32. The second-order valence-corrected chi connectivity index (χ2v) is 8.10. The number of unbranched alkanes of at least 4 members (excludes halogenated alkanes) is 2. The molecule has 1 aromatic heterocycles. The van der Waals surface area contributed by atoms with Gasteiger partial charge in [0.15, 0.2) is 5.49 Å². The van der Waals surface area contributed by atoms with Gasteiger partial charge < -0.3 is 0 Å². The van der Waals surface area contributed by atoms with Gasteiger partial charge in [0.05, 0.1) is 11.1 Å². The molecule has 1 heterocycles. The van der Waals surface area contributed by atoms with Crippen molar-refractivity contribution >= 4 is 5.91 Å². The molecule has 0 atom stereocenters. The Morgan fingerprint density at radius 1 is 1.10 bits per heavy atom. The molecule has 0 unspecified atom stereocenters. The molecule has 0 saturated carbocycles. The molecule has 0 saturated heterocycles. The molecule has 0 radical (unpaired) electrons. The minimum Gasteiger partial charge on any atom is -0.291 e. The first-order chi connectivity index (χ1) is 13.4. The first-order valence-electron chi connectivity index (χ1n) is 9.59. The summed E-state index contributed by atoms with van der Waals surface area (Å²) < 4.78 is 56.6. The van der Waals surface area contributed by atoms with E-state index in [1.165, 1.54) is 0 Å². The third-order valence-corrected chi connectivity index (χ3v) is 4.72. The Bertz CT molecular complexity index is 946. The summed E-state index contributed by atoms with van der Waals surface area (Å²) in [5.74, 6) is -2.07. The molecule has 0 aliphatic heterocycles. The molecular weight excluding hydrogens is 386 g/mol. The average molecular weight is 413 g/mol. The third-order valence-electron chi connectivity index (χ3n) is 4.72. The third kappa shape index (κ3) is 5.36. The van der Waals surface area contributed by atoms with Crippen LogP contribution < -0.4 is 5.49 Å². The zero-order valence-corrected chi connectivity index (χ0v) is 17.4. The van der Waals surface area contributed by atoms with Crippen molar-refractivity contribution in [2.24, 2.45) is 12.0 Å². The molecular formula is C21H27F4N3O. The van der Waals surface area contributed by atoms with Crippen LogP contribution >= 0.6 is 0 Å². The van der Waals surface area contributed by atoms with E-state index >= 15 is 0 Å². The number of nitrogens with zero attached hydrogens (tertiary/aromatic N) is 3. The lowest BCUT2D eigenvalue weighted by Gasteiger charge is -2.20. The van der Waals surface area contributed by atoms with Gasteiger partial charge in [0.25, 0.3) is 5.91 Å². The van der Waals surface area contributed by atoms with Crippen LogP contribution in [0.15, 0.2) is 29.3 Å². The molecule has 8 heteroatoms. The van der Waals surface area contributed by atoms with Gasteiger partial charge in [-0.05, 0) is 24.6 Å². The summed E-state index contributed by atoms with van der Waals surface area (Å²) >= 11 is 0. The molecule has 4 nitrogen and oxygen atoms in total. The standard InChI is InChI=1S/C21H27F4N3O/c1-6-7-8-11-28-18(13-17(27(28)5)20(2,3)4)26-19(29)15-12-14(21(23,24)25)9-10-16(15)22/h9-10,12-13H,6-8,11H2,1-5H3. The van der Waals surface area contributed by atoms with E-state index in [0.717, 1.165) is 25.0 Å². The van der Waals surface area contributed by atoms with Crippen LogP contribution in [0.3, 0.4) is 0 Å². The zero-order chi connectivity index (χ0) is 22.0. The number of alkyl halides is 3. The Morgan fingerprint density at radius 3 is 2.31 bits per heavy atom. The lowest BCUT2D eigenvalue weighted by Crippen LogP contribution is -2.25. The molecule has 0 bridgehead atoms. The summed E-state index contributed by atoms with van der Waals surface area (Å²) in [6, 6.07) is 3.50. The van der Waals surface area contributed by atoms with Gasteiger partial charge in [-0.2, -0.15) is 18.2 Å². The number of rotatable bonds is 5. The van der Waals surface area contributed by atoms with Gasteiger partial charge in [-0.3, -0.25) is 14.2 Å². The summed E-state index contributed by atoms with van der Waals surface area (Å²) in [5, 5.41) is 0. The number of hydrogen-bond donors (Lipinski definition) is 0. The lowest BCUT2D eigenvalue weighted by atomic mass is 9.92. The Labute approximate surface area is 167 Å². The zero-order valence-electron chi connectivity index (χ0n) is 17.4. The van der Waals surface area contributed by atoms with Gasteiger partial charge in [0, 0.05) is 30.8 Å². The molecule has 1 aromatic carbocycles. The van der Waals surface area contributed by atoms with Gasteiger partial charge in [0.1, 0.15) is 5.82 Å². The van der Waals surface area contributed by atoms with Gasteiger partial charge in [0.2, 0.25) is 0 Å². The molecule has 29 heavy (non-hydrogen) atoms. The Kier molecular flexibility index (Phi) is 6.75. The second kappa shape index (κ2) is 8.55. The molecule has 0 N–H and O–H groups in total. The number of amides is 1. The predicted octanol–water partition coefficient (Wildman–Crippen LogP) is 5.21. The minimum absolute atomic E-state index is 0.237. The highest BCUT2D eigenvalue weighted by molar-refractivity contribution is 5.95. The number of halogens is 4. The molecule has 160 valence electrons. The monoisotopic (exact) mass is 413 g/mol. The summed E-state index contributed by atoms with van der Waals surface area (Å²) in [6.45, 7) is 8.70. The minimum atomic E-state index is -4.67. The van der Waals surface area contributed by atoms with E-state index in [-0.39, 0.29) is 5.41 Å². The summed E-state index contributed by atoms with van der Waals surface area (Å²) in [4.78, 5) is 16.6. The van der Waals surface area contributed by atoms with Crippen molar-refractivity contribution in [3.8, 4) is 0 Å². The quantitative estimate of drug-likeness (QED) is 0.490. The van der Waals surface area contributed by atoms with Crippen molar-refractivity contribution in [2.45, 2.75) is 65.1 Å². The normalized spacial score (nSPS) is 13.2. The molecule has 0 aliphatic carbocycles. The Morgan fingerprint density at radius 2 is 1.76 bits per heavy atom. The van der Waals surface area contributed by atoms with E-state index in [1.807, 2.05) is 32.5 Å². The van der Waals surface area contributed by atoms with E-state index in [1.54, 1.807) is 10.7 Å². The first-order valence-corrected chi connectivity index (χ1v) is 9.59. The van der Waals surface area contributed by atoms with Crippen molar-refractivity contribution < 1.29 is 22.4 Å². The van der Waals surface area contributed by atoms with Crippen LogP contribution in [0.2, 0.25) is 0 Å². The molecule has 2 aromatic rings. The molecule has 2 rings (SSSR count).